The number of rotatable bonds is 3. The minimum absolute atomic E-state index is 0.0347. The Morgan fingerprint density at radius 2 is 1.84 bits per heavy atom. The number of nitrogens with zero attached hydrogens (tertiary/aromatic N) is 3. The second-order valence-corrected chi connectivity index (χ2v) is 8.81. The Bertz CT molecular complexity index is 1150. The molecule has 2 aromatic carbocycles. The summed E-state index contributed by atoms with van der Waals surface area (Å²) in [5, 5.41) is 9.03. The van der Waals surface area contributed by atoms with E-state index >= 15 is 0 Å². The van der Waals surface area contributed by atoms with E-state index in [1.165, 1.54) is 25.1 Å². The van der Waals surface area contributed by atoms with E-state index in [1.54, 1.807) is 30.9 Å². The van der Waals surface area contributed by atoms with Crippen molar-refractivity contribution in [2.24, 2.45) is 0 Å². The molecule has 1 aliphatic heterocycles. The summed E-state index contributed by atoms with van der Waals surface area (Å²) in [6, 6.07) is 9.40. The smallest absolute Gasteiger partial charge is 0.417 e. The van der Waals surface area contributed by atoms with Crippen LogP contribution in [-0.4, -0.2) is 22.9 Å². The minimum atomic E-state index is -4.76. The first-order valence-corrected chi connectivity index (χ1v) is 10.5. The van der Waals surface area contributed by atoms with Crippen LogP contribution in [0.1, 0.15) is 31.9 Å². The highest BCUT2D eigenvalue weighted by Gasteiger charge is 2.51. The van der Waals surface area contributed by atoms with Gasteiger partial charge >= 0.3 is 12.1 Å². The number of hydrogen-bond donors (Lipinski definition) is 1. The van der Waals surface area contributed by atoms with Gasteiger partial charge < -0.3 is 9.64 Å². The monoisotopic (exact) mass is 527 g/mol. The zero-order valence-electron chi connectivity index (χ0n) is 17.1. The molecule has 32 heavy (non-hydrogen) atoms. The molecule has 0 bridgehead atoms. The average molecular weight is 528 g/mol. The van der Waals surface area contributed by atoms with Crippen molar-refractivity contribution in [1.82, 2.24) is 0 Å². The number of halogens is 4. The number of amides is 1. The maximum absolute atomic E-state index is 13.4. The van der Waals surface area contributed by atoms with Gasteiger partial charge in [0.2, 0.25) is 0 Å². The molecule has 1 fully saturated rings. The largest absolute Gasteiger partial charge is 0.426 e. The van der Waals surface area contributed by atoms with Crippen molar-refractivity contribution in [2.75, 3.05) is 9.80 Å². The molecule has 0 radical (unpaired) electrons. The molecule has 0 aromatic heterocycles. The molecule has 3 rings (SSSR count). The summed E-state index contributed by atoms with van der Waals surface area (Å²) in [6.07, 6.45) is -4.76. The fourth-order valence-electron chi connectivity index (χ4n) is 3.50. The van der Waals surface area contributed by atoms with Gasteiger partial charge in [0.15, 0.2) is 5.50 Å². The lowest BCUT2D eigenvalue weighted by atomic mass is 10.0. The standard InChI is InChI=1S/C21H17BrF3N3O3S/c1-11(29)31-17-7-6-14(9-16(17)22)28-19(32)27(18(30)20(28,2)3)13-5-4-12(10-26)15(8-13)21(23,24)25/h4-9,19,32H,1-3H3. The Balaban J connectivity index is 2.06. The Morgan fingerprint density at radius 3 is 2.38 bits per heavy atom. The van der Waals surface area contributed by atoms with Gasteiger partial charge in [-0.05, 0) is 66.2 Å². The summed E-state index contributed by atoms with van der Waals surface area (Å²) in [5.74, 6) is -0.704. The number of anilines is 2. The number of ether oxygens (including phenoxy) is 1. The summed E-state index contributed by atoms with van der Waals surface area (Å²) < 4.78 is 45.8. The second kappa shape index (κ2) is 8.33. The molecule has 11 heteroatoms. The van der Waals surface area contributed by atoms with E-state index < -0.39 is 40.2 Å². The topological polar surface area (TPSA) is 73.6 Å². The number of esters is 1. The number of carbonyl (C=O) groups excluding carboxylic acids is 2. The van der Waals surface area contributed by atoms with Gasteiger partial charge in [0.05, 0.1) is 21.7 Å². The number of benzene rings is 2. The van der Waals surface area contributed by atoms with Crippen molar-refractivity contribution < 1.29 is 27.5 Å². The molecule has 1 saturated heterocycles. The third-order valence-corrected chi connectivity index (χ3v) is 6.04. The van der Waals surface area contributed by atoms with E-state index in [-0.39, 0.29) is 11.4 Å². The Labute approximate surface area is 196 Å². The number of carbonyl (C=O) groups is 2. The van der Waals surface area contributed by atoms with Gasteiger partial charge in [-0.1, -0.05) is 0 Å². The molecular weight excluding hydrogens is 511 g/mol. The van der Waals surface area contributed by atoms with E-state index in [1.807, 2.05) is 0 Å². The molecule has 1 heterocycles. The van der Waals surface area contributed by atoms with E-state index in [0.29, 0.717) is 10.2 Å². The van der Waals surface area contributed by atoms with Crippen molar-refractivity contribution >= 4 is 51.8 Å². The summed E-state index contributed by atoms with van der Waals surface area (Å²) in [7, 11) is 0. The van der Waals surface area contributed by atoms with Gasteiger partial charge in [0.1, 0.15) is 11.3 Å². The quantitative estimate of drug-likeness (QED) is 0.341. The molecule has 168 valence electrons. The molecule has 1 aliphatic rings. The van der Waals surface area contributed by atoms with E-state index in [9.17, 15) is 22.8 Å². The SMILES string of the molecule is CC(=O)Oc1ccc(N2C(S)N(c3ccc(C#N)c(C(F)(F)F)c3)C(=O)C2(C)C)cc1Br. The maximum atomic E-state index is 13.4. The van der Waals surface area contributed by atoms with E-state index in [0.717, 1.165) is 17.0 Å². The summed E-state index contributed by atoms with van der Waals surface area (Å²) in [5.41, 5.74) is -3.29. The molecule has 2 aromatic rings. The van der Waals surface area contributed by atoms with Crippen molar-refractivity contribution in [1.29, 1.82) is 5.26 Å². The molecular formula is C21H17BrF3N3O3S. The molecule has 1 amide bonds. The number of hydrogen-bond acceptors (Lipinski definition) is 6. The Morgan fingerprint density at radius 1 is 1.22 bits per heavy atom. The molecule has 6 nitrogen and oxygen atoms in total. The van der Waals surface area contributed by atoms with Crippen LogP contribution in [0.4, 0.5) is 24.5 Å². The summed E-state index contributed by atoms with van der Waals surface area (Å²) >= 11 is 7.85. The van der Waals surface area contributed by atoms with Crippen LogP contribution in [0.3, 0.4) is 0 Å². The van der Waals surface area contributed by atoms with E-state index in [2.05, 4.69) is 28.6 Å². The van der Waals surface area contributed by atoms with Crippen LogP contribution in [0.2, 0.25) is 0 Å². The van der Waals surface area contributed by atoms with Crippen molar-refractivity contribution in [3.8, 4) is 11.8 Å². The van der Waals surface area contributed by atoms with Gasteiger partial charge in [0.25, 0.3) is 5.91 Å². The molecule has 0 aliphatic carbocycles. The number of alkyl halides is 3. The summed E-state index contributed by atoms with van der Waals surface area (Å²) in [4.78, 5) is 27.3. The minimum Gasteiger partial charge on any atom is -0.426 e. The molecule has 1 atom stereocenters. The maximum Gasteiger partial charge on any atom is 0.417 e. The van der Waals surface area contributed by atoms with Gasteiger partial charge in [-0.3, -0.25) is 14.5 Å². The predicted octanol–water partition coefficient (Wildman–Crippen LogP) is 5.11. The van der Waals surface area contributed by atoms with Crippen molar-refractivity contribution in [3.63, 3.8) is 0 Å². The third kappa shape index (κ3) is 4.17. The van der Waals surface area contributed by atoms with Gasteiger partial charge in [0, 0.05) is 18.3 Å². The van der Waals surface area contributed by atoms with Gasteiger partial charge in [-0.15, -0.1) is 12.6 Å². The summed E-state index contributed by atoms with van der Waals surface area (Å²) in [6.45, 7) is 4.51. The normalized spacial score (nSPS) is 18.0. The van der Waals surface area contributed by atoms with Gasteiger partial charge in [-0.2, -0.15) is 18.4 Å². The lowest BCUT2D eigenvalue weighted by molar-refractivity contribution is -0.138. The van der Waals surface area contributed by atoms with Crippen LogP contribution in [0.15, 0.2) is 40.9 Å². The van der Waals surface area contributed by atoms with Crippen LogP contribution in [-0.2, 0) is 15.8 Å². The fourth-order valence-corrected chi connectivity index (χ4v) is 4.61. The first-order valence-electron chi connectivity index (χ1n) is 9.19. The van der Waals surface area contributed by atoms with Crippen molar-refractivity contribution in [2.45, 2.75) is 38.0 Å². The predicted molar refractivity (Wildman–Crippen MR) is 118 cm³/mol. The fraction of sp³-hybridized carbons (Fsp3) is 0.286. The Hall–Kier alpha value is -2.71. The third-order valence-electron chi connectivity index (χ3n) is 4.96. The highest BCUT2D eigenvalue weighted by Crippen LogP contribution is 2.43. The number of nitriles is 1. The first-order chi connectivity index (χ1) is 14.8. The van der Waals surface area contributed by atoms with Crippen LogP contribution in [0.5, 0.6) is 5.75 Å². The molecule has 0 spiro atoms. The average Bonchev–Trinajstić information content (AvgIpc) is 2.86. The first kappa shape index (κ1) is 23.9. The molecule has 0 N–H and O–H groups in total. The second-order valence-electron chi connectivity index (χ2n) is 7.50. The van der Waals surface area contributed by atoms with Gasteiger partial charge in [-0.25, -0.2) is 0 Å². The van der Waals surface area contributed by atoms with E-state index in [4.69, 9.17) is 10.00 Å². The zero-order valence-corrected chi connectivity index (χ0v) is 19.5. The highest BCUT2D eigenvalue weighted by molar-refractivity contribution is 9.10. The number of thiol groups is 1. The molecule has 0 saturated carbocycles. The lowest BCUT2D eigenvalue weighted by Gasteiger charge is -2.33. The van der Waals surface area contributed by atoms with Crippen LogP contribution in [0.25, 0.3) is 0 Å². The molecule has 1 unspecified atom stereocenters. The lowest BCUT2D eigenvalue weighted by Crippen LogP contribution is -2.44. The van der Waals surface area contributed by atoms with Crippen LogP contribution in [0, 0.1) is 11.3 Å². The Kier molecular flexibility index (Phi) is 6.23. The van der Waals surface area contributed by atoms with Crippen LogP contribution >= 0.6 is 28.6 Å². The highest BCUT2D eigenvalue weighted by atomic mass is 79.9. The van der Waals surface area contributed by atoms with Crippen molar-refractivity contribution in [3.05, 3.63) is 52.0 Å². The zero-order chi connectivity index (χ0) is 24.0. The van der Waals surface area contributed by atoms with Crippen LogP contribution < -0.4 is 14.5 Å².